The van der Waals surface area contributed by atoms with Gasteiger partial charge >= 0.3 is 0 Å². The van der Waals surface area contributed by atoms with E-state index in [4.69, 9.17) is 16.3 Å². The number of amides is 1. The molecular formula is C17H15ClN2O3. The molecule has 1 heterocycles. The first-order chi connectivity index (χ1) is 11.1. The first-order valence-corrected chi connectivity index (χ1v) is 7.66. The Morgan fingerprint density at radius 2 is 1.96 bits per heavy atom. The summed E-state index contributed by atoms with van der Waals surface area (Å²) in [5.41, 5.74) is -0.908. The number of nitrogens with one attached hydrogen (secondary N) is 1. The monoisotopic (exact) mass is 330 g/mol. The minimum atomic E-state index is -0.972. The zero-order valence-electron chi connectivity index (χ0n) is 12.3. The summed E-state index contributed by atoms with van der Waals surface area (Å²) >= 11 is 6.21. The van der Waals surface area contributed by atoms with Crippen molar-refractivity contribution in [2.24, 2.45) is 0 Å². The van der Waals surface area contributed by atoms with Crippen LogP contribution in [0.5, 0.6) is 5.75 Å². The number of phenolic OH excluding ortho intramolecular Hbond substituents is 1. The molecule has 2 aromatic carbocycles. The zero-order chi connectivity index (χ0) is 16.4. The second-order valence-corrected chi connectivity index (χ2v) is 5.97. The molecule has 23 heavy (non-hydrogen) atoms. The number of carbonyl (C=O) groups excluding carboxylic acids is 1. The largest absolute Gasteiger partial charge is 0.506 e. The lowest BCUT2D eigenvalue weighted by Crippen LogP contribution is -2.50. The van der Waals surface area contributed by atoms with E-state index in [0.29, 0.717) is 41.9 Å². The highest BCUT2D eigenvalue weighted by atomic mass is 35.5. The van der Waals surface area contributed by atoms with E-state index < -0.39 is 11.4 Å². The van der Waals surface area contributed by atoms with Gasteiger partial charge in [0.1, 0.15) is 11.3 Å². The van der Waals surface area contributed by atoms with Crippen molar-refractivity contribution < 1.29 is 14.6 Å². The number of nitriles is 1. The summed E-state index contributed by atoms with van der Waals surface area (Å²) in [6, 6.07) is 10.6. The maximum atomic E-state index is 12.6. The lowest BCUT2D eigenvalue weighted by Gasteiger charge is -2.31. The Morgan fingerprint density at radius 1 is 1.30 bits per heavy atom. The summed E-state index contributed by atoms with van der Waals surface area (Å²) in [6.45, 7) is 0.830. The van der Waals surface area contributed by atoms with E-state index in [2.05, 4.69) is 11.4 Å². The molecule has 0 aromatic heterocycles. The van der Waals surface area contributed by atoms with Crippen LogP contribution in [0, 0.1) is 11.3 Å². The molecule has 0 saturated carbocycles. The molecule has 1 fully saturated rings. The number of rotatable bonds is 2. The topological polar surface area (TPSA) is 82.4 Å². The average Bonchev–Trinajstić information content (AvgIpc) is 2.59. The molecule has 1 aliphatic rings. The summed E-state index contributed by atoms with van der Waals surface area (Å²) in [4.78, 5) is 12.6. The molecule has 0 unspecified atom stereocenters. The SMILES string of the molecule is N#CC1(NC(=O)c2cc(Cl)c3ccccc3c2O)CCOCC1. The first-order valence-electron chi connectivity index (χ1n) is 7.28. The highest BCUT2D eigenvalue weighted by Gasteiger charge is 2.35. The predicted octanol–water partition coefficient (Wildman–Crippen LogP) is 3.00. The van der Waals surface area contributed by atoms with Crippen molar-refractivity contribution in [3.63, 3.8) is 0 Å². The van der Waals surface area contributed by atoms with Crippen LogP contribution >= 0.6 is 11.6 Å². The van der Waals surface area contributed by atoms with Crippen molar-refractivity contribution in [2.75, 3.05) is 13.2 Å². The van der Waals surface area contributed by atoms with Crippen LogP contribution in [0.1, 0.15) is 23.2 Å². The van der Waals surface area contributed by atoms with Gasteiger partial charge in [-0.25, -0.2) is 0 Å². The van der Waals surface area contributed by atoms with Crippen LogP contribution in [0.2, 0.25) is 5.02 Å². The van der Waals surface area contributed by atoms with Gasteiger partial charge in [-0.2, -0.15) is 5.26 Å². The van der Waals surface area contributed by atoms with E-state index in [1.54, 1.807) is 24.3 Å². The Bertz CT molecular complexity index is 807. The molecule has 0 radical (unpaired) electrons. The van der Waals surface area contributed by atoms with E-state index in [-0.39, 0.29) is 11.3 Å². The van der Waals surface area contributed by atoms with Crippen LogP contribution in [0.25, 0.3) is 10.8 Å². The van der Waals surface area contributed by atoms with Crippen LogP contribution in [0.3, 0.4) is 0 Å². The lowest BCUT2D eigenvalue weighted by molar-refractivity contribution is 0.0530. The summed E-state index contributed by atoms with van der Waals surface area (Å²) in [6.07, 6.45) is 0.828. The van der Waals surface area contributed by atoms with E-state index in [1.807, 2.05) is 0 Å². The summed E-state index contributed by atoms with van der Waals surface area (Å²) < 4.78 is 5.24. The maximum absolute atomic E-state index is 12.6. The Labute approximate surface area is 138 Å². The maximum Gasteiger partial charge on any atom is 0.256 e. The minimum absolute atomic E-state index is 0.0646. The lowest BCUT2D eigenvalue weighted by atomic mass is 9.91. The minimum Gasteiger partial charge on any atom is -0.506 e. The van der Waals surface area contributed by atoms with Gasteiger partial charge in [0.05, 0.1) is 11.6 Å². The molecule has 0 spiro atoms. The number of hydrogen-bond donors (Lipinski definition) is 2. The van der Waals surface area contributed by atoms with Crippen LogP contribution in [0.4, 0.5) is 0 Å². The number of carbonyl (C=O) groups is 1. The van der Waals surface area contributed by atoms with Crippen molar-refractivity contribution >= 4 is 28.3 Å². The summed E-state index contributed by atoms with van der Waals surface area (Å²) in [7, 11) is 0. The van der Waals surface area contributed by atoms with Crippen molar-refractivity contribution in [2.45, 2.75) is 18.4 Å². The highest BCUT2D eigenvalue weighted by molar-refractivity contribution is 6.36. The second-order valence-electron chi connectivity index (χ2n) is 5.56. The molecule has 3 rings (SSSR count). The molecule has 1 amide bonds. The third-order valence-electron chi connectivity index (χ3n) is 4.12. The molecule has 5 nitrogen and oxygen atoms in total. The van der Waals surface area contributed by atoms with Crippen LogP contribution in [0.15, 0.2) is 30.3 Å². The van der Waals surface area contributed by atoms with E-state index in [9.17, 15) is 15.2 Å². The fraction of sp³-hybridized carbons (Fsp3) is 0.294. The number of nitrogens with zero attached hydrogens (tertiary/aromatic N) is 1. The normalized spacial score (nSPS) is 16.7. The molecule has 1 aliphatic heterocycles. The molecule has 118 valence electrons. The van der Waals surface area contributed by atoms with Crippen molar-refractivity contribution in [3.05, 3.63) is 40.9 Å². The Morgan fingerprint density at radius 3 is 2.61 bits per heavy atom. The quantitative estimate of drug-likeness (QED) is 0.886. The van der Waals surface area contributed by atoms with Gasteiger partial charge < -0.3 is 15.2 Å². The highest BCUT2D eigenvalue weighted by Crippen LogP contribution is 2.34. The zero-order valence-corrected chi connectivity index (χ0v) is 13.1. The van der Waals surface area contributed by atoms with E-state index in [0.717, 1.165) is 0 Å². The molecule has 2 N–H and O–H groups in total. The van der Waals surface area contributed by atoms with Crippen molar-refractivity contribution in [3.8, 4) is 11.8 Å². The Balaban J connectivity index is 1.98. The number of ether oxygens (including phenoxy) is 1. The van der Waals surface area contributed by atoms with E-state index >= 15 is 0 Å². The van der Waals surface area contributed by atoms with Gasteiger partial charge in [0, 0.05) is 41.9 Å². The van der Waals surface area contributed by atoms with Crippen LogP contribution in [-0.4, -0.2) is 29.8 Å². The number of fused-ring (bicyclic) bond motifs is 1. The smallest absolute Gasteiger partial charge is 0.256 e. The average molecular weight is 331 g/mol. The predicted molar refractivity (Wildman–Crippen MR) is 86.5 cm³/mol. The third-order valence-corrected chi connectivity index (χ3v) is 4.44. The molecule has 1 saturated heterocycles. The van der Waals surface area contributed by atoms with Crippen molar-refractivity contribution in [1.29, 1.82) is 5.26 Å². The van der Waals surface area contributed by atoms with Gasteiger partial charge in [0.15, 0.2) is 0 Å². The molecule has 0 bridgehead atoms. The molecule has 0 atom stereocenters. The molecular weight excluding hydrogens is 316 g/mol. The van der Waals surface area contributed by atoms with Crippen LogP contribution in [-0.2, 0) is 4.74 Å². The number of hydrogen-bond acceptors (Lipinski definition) is 4. The van der Waals surface area contributed by atoms with Gasteiger partial charge in [-0.3, -0.25) is 4.79 Å². The first kappa shape index (κ1) is 15.6. The van der Waals surface area contributed by atoms with Gasteiger partial charge in [0.25, 0.3) is 5.91 Å². The third kappa shape index (κ3) is 2.83. The van der Waals surface area contributed by atoms with Gasteiger partial charge in [-0.05, 0) is 6.07 Å². The summed E-state index contributed by atoms with van der Waals surface area (Å²) in [5, 5.41) is 24.1. The van der Waals surface area contributed by atoms with Crippen LogP contribution < -0.4 is 5.32 Å². The standard InChI is InChI=1S/C17H15ClN2O3/c18-14-9-13(15(21)12-4-2-1-3-11(12)14)16(22)20-17(10-19)5-7-23-8-6-17/h1-4,9,21H,5-8H2,(H,20,22). The van der Waals surface area contributed by atoms with Gasteiger partial charge in [0.2, 0.25) is 0 Å². The summed E-state index contributed by atoms with van der Waals surface area (Å²) in [5.74, 6) is -0.652. The van der Waals surface area contributed by atoms with Crippen molar-refractivity contribution in [1.82, 2.24) is 5.32 Å². The number of halogens is 1. The van der Waals surface area contributed by atoms with Gasteiger partial charge in [-0.15, -0.1) is 0 Å². The Hall–Kier alpha value is -2.29. The fourth-order valence-electron chi connectivity index (χ4n) is 2.76. The Kier molecular flexibility index (Phi) is 4.12. The molecule has 2 aromatic rings. The molecule has 0 aliphatic carbocycles. The number of benzene rings is 2. The second kappa shape index (κ2) is 6.07. The number of phenols is 1. The number of aromatic hydroxyl groups is 1. The fourth-order valence-corrected chi connectivity index (χ4v) is 3.03. The van der Waals surface area contributed by atoms with Gasteiger partial charge in [-0.1, -0.05) is 35.9 Å². The molecule has 6 heteroatoms. The van der Waals surface area contributed by atoms with E-state index in [1.165, 1.54) is 6.07 Å².